The highest BCUT2D eigenvalue weighted by molar-refractivity contribution is 5.51. The van der Waals surface area contributed by atoms with Gasteiger partial charge in [0.2, 0.25) is 0 Å². The molecule has 5 heteroatoms. The summed E-state index contributed by atoms with van der Waals surface area (Å²) in [4.78, 5) is 1.51. The van der Waals surface area contributed by atoms with Crippen LogP contribution in [0.4, 0.5) is 14.5 Å². The van der Waals surface area contributed by atoms with E-state index < -0.39 is 6.43 Å². The SMILES string of the molecule is CCNCc1ccc(N(CCO)CC(F)F)cc1C. The summed E-state index contributed by atoms with van der Waals surface area (Å²) in [6.45, 7) is 5.40. The first-order chi connectivity index (χ1) is 9.08. The van der Waals surface area contributed by atoms with Crippen molar-refractivity contribution in [3.05, 3.63) is 29.3 Å². The Labute approximate surface area is 113 Å². The Kier molecular flexibility index (Phi) is 6.73. The molecule has 0 aliphatic heterocycles. The highest BCUT2D eigenvalue weighted by atomic mass is 19.3. The predicted molar refractivity (Wildman–Crippen MR) is 73.9 cm³/mol. The van der Waals surface area contributed by atoms with E-state index in [1.54, 1.807) is 0 Å². The molecule has 0 aromatic heterocycles. The summed E-state index contributed by atoms with van der Waals surface area (Å²) in [6, 6.07) is 5.67. The lowest BCUT2D eigenvalue weighted by Crippen LogP contribution is -2.31. The van der Waals surface area contributed by atoms with Gasteiger partial charge in [0.15, 0.2) is 0 Å². The molecule has 19 heavy (non-hydrogen) atoms. The van der Waals surface area contributed by atoms with Crippen molar-refractivity contribution in [3.63, 3.8) is 0 Å². The molecule has 1 rings (SSSR count). The molecule has 3 nitrogen and oxygen atoms in total. The lowest BCUT2D eigenvalue weighted by atomic mass is 10.1. The molecule has 1 aromatic carbocycles. The maximum absolute atomic E-state index is 12.5. The number of aliphatic hydroxyl groups is 1. The maximum atomic E-state index is 12.5. The molecule has 0 saturated carbocycles. The van der Waals surface area contributed by atoms with Crippen molar-refractivity contribution in [1.29, 1.82) is 0 Å². The fraction of sp³-hybridized carbons (Fsp3) is 0.571. The smallest absolute Gasteiger partial charge is 0.255 e. The van der Waals surface area contributed by atoms with Gasteiger partial charge in [0.05, 0.1) is 13.2 Å². The van der Waals surface area contributed by atoms with E-state index in [1.165, 1.54) is 4.90 Å². The molecule has 0 atom stereocenters. The Hall–Kier alpha value is -1.20. The van der Waals surface area contributed by atoms with Crippen LogP contribution in [0.5, 0.6) is 0 Å². The third-order valence-corrected chi connectivity index (χ3v) is 2.99. The van der Waals surface area contributed by atoms with Crippen molar-refractivity contribution in [2.24, 2.45) is 0 Å². The molecule has 0 bridgehead atoms. The van der Waals surface area contributed by atoms with Gasteiger partial charge in [0, 0.05) is 18.8 Å². The number of anilines is 1. The van der Waals surface area contributed by atoms with Crippen molar-refractivity contribution in [3.8, 4) is 0 Å². The zero-order valence-electron chi connectivity index (χ0n) is 11.5. The van der Waals surface area contributed by atoms with Crippen LogP contribution in [0.3, 0.4) is 0 Å². The topological polar surface area (TPSA) is 35.5 Å². The second kappa shape index (κ2) is 8.07. The van der Waals surface area contributed by atoms with Crippen LogP contribution in [-0.4, -0.2) is 37.8 Å². The highest BCUT2D eigenvalue weighted by Gasteiger charge is 2.13. The Morgan fingerprint density at radius 3 is 2.63 bits per heavy atom. The largest absolute Gasteiger partial charge is 0.395 e. The fourth-order valence-electron chi connectivity index (χ4n) is 1.95. The maximum Gasteiger partial charge on any atom is 0.255 e. The summed E-state index contributed by atoms with van der Waals surface area (Å²) in [5, 5.41) is 12.2. The molecule has 0 aliphatic carbocycles. The van der Waals surface area contributed by atoms with Crippen LogP contribution in [0.25, 0.3) is 0 Å². The van der Waals surface area contributed by atoms with Gasteiger partial charge in [0.25, 0.3) is 6.43 Å². The molecule has 0 spiro atoms. The number of rotatable bonds is 8. The van der Waals surface area contributed by atoms with Gasteiger partial charge in [-0.05, 0) is 36.7 Å². The van der Waals surface area contributed by atoms with Crippen molar-refractivity contribution >= 4 is 5.69 Å². The fourth-order valence-corrected chi connectivity index (χ4v) is 1.95. The quantitative estimate of drug-likeness (QED) is 0.761. The van der Waals surface area contributed by atoms with Gasteiger partial charge in [0.1, 0.15) is 0 Å². The average Bonchev–Trinajstić information content (AvgIpc) is 2.36. The van der Waals surface area contributed by atoms with Crippen molar-refractivity contribution in [2.45, 2.75) is 26.8 Å². The van der Waals surface area contributed by atoms with E-state index >= 15 is 0 Å². The second-order valence-corrected chi connectivity index (χ2v) is 4.45. The minimum atomic E-state index is -2.41. The Morgan fingerprint density at radius 2 is 2.11 bits per heavy atom. The first kappa shape index (κ1) is 15.9. The van der Waals surface area contributed by atoms with Crippen LogP contribution in [0.15, 0.2) is 18.2 Å². The number of alkyl halides is 2. The summed E-state index contributed by atoms with van der Waals surface area (Å²) >= 11 is 0. The standard InChI is InChI=1S/C14H22F2N2O/c1-3-17-9-12-4-5-13(8-11(12)2)18(6-7-19)10-14(15)16/h4-5,8,14,17,19H,3,6-7,9-10H2,1-2H3. The number of hydrogen-bond donors (Lipinski definition) is 2. The Balaban J connectivity index is 2.83. The first-order valence-electron chi connectivity index (χ1n) is 6.52. The van der Waals surface area contributed by atoms with E-state index in [0.29, 0.717) is 0 Å². The molecule has 0 radical (unpaired) electrons. The molecule has 0 heterocycles. The molecule has 108 valence electrons. The Bertz CT molecular complexity index is 386. The van der Waals surface area contributed by atoms with E-state index in [-0.39, 0.29) is 19.7 Å². The number of halogens is 2. The third kappa shape index (κ3) is 5.12. The van der Waals surface area contributed by atoms with Gasteiger partial charge in [-0.3, -0.25) is 0 Å². The third-order valence-electron chi connectivity index (χ3n) is 2.99. The van der Waals surface area contributed by atoms with E-state index in [9.17, 15) is 8.78 Å². The summed E-state index contributed by atoms with van der Waals surface area (Å²) in [6.07, 6.45) is -2.41. The number of hydrogen-bond acceptors (Lipinski definition) is 3. The Morgan fingerprint density at radius 1 is 1.37 bits per heavy atom. The molecular formula is C14H22F2N2O. The van der Waals surface area contributed by atoms with Gasteiger partial charge < -0.3 is 15.3 Å². The molecule has 1 aromatic rings. The lowest BCUT2D eigenvalue weighted by molar-refractivity contribution is 0.153. The van der Waals surface area contributed by atoms with Gasteiger partial charge in [-0.2, -0.15) is 0 Å². The van der Waals surface area contributed by atoms with E-state index in [0.717, 1.165) is 29.9 Å². The number of nitrogens with one attached hydrogen (secondary N) is 1. The molecule has 0 unspecified atom stereocenters. The molecule has 2 N–H and O–H groups in total. The number of aryl methyl sites for hydroxylation is 1. The van der Waals surface area contributed by atoms with Crippen LogP contribution in [-0.2, 0) is 6.54 Å². The summed E-state index contributed by atoms with van der Waals surface area (Å²) < 4.78 is 25.0. The summed E-state index contributed by atoms with van der Waals surface area (Å²) in [5.41, 5.74) is 2.95. The lowest BCUT2D eigenvalue weighted by Gasteiger charge is -2.24. The number of aliphatic hydroxyl groups excluding tert-OH is 1. The van der Waals surface area contributed by atoms with E-state index in [1.807, 2.05) is 32.0 Å². The average molecular weight is 272 g/mol. The van der Waals surface area contributed by atoms with Gasteiger partial charge >= 0.3 is 0 Å². The van der Waals surface area contributed by atoms with Crippen LogP contribution >= 0.6 is 0 Å². The zero-order chi connectivity index (χ0) is 14.3. The van der Waals surface area contributed by atoms with Crippen LogP contribution in [0, 0.1) is 6.92 Å². The van der Waals surface area contributed by atoms with E-state index in [2.05, 4.69) is 5.32 Å². The normalized spacial score (nSPS) is 11.1. The molecule has 0 fully saturated rings. The second-order valence-electron chi connectivity index (χ2n) is 4.45. The summed E-state index contributed by atoms with van der Waals surface area (Å²) in [5.74, 6) is 0. The van der Waals surface area contributed by atoms with Gasteiger partial charge in [-0.15, -0.1) is 0 Å². The molecular weight excluding hydrogens is 250 g/mol. The molecule has 0 saturated heterocycles. The molecule has 0 aliphatic rings. The van der Waals surface area contributed by atoms with Crippen LogP contribution < -0.4 is 10.2 Å². The van der Waals surface area contributed by atoms with Crippen molar-refractivity contribution < 1.29 is 13.9 Å². The van der Waals surface area contributed by atoms with Crippen molar-refractivity contribution in [2.75, 3.05) is 31.1 Å². The first-order valence-corrected chi connectivity index (χ1v) is 6.52. The van der Waals surface area contributed by atoms with Crippen LogP contribution in [0.1, 0.15) is 18.1 Å². The highest BCUT2D eigenvalue weighted by Crippen LogP contribution is 2.20. The molecule has 0 amide bonds. The minimum Gasteiger partial charge on any atom is -0.395 e. The van der Waals surface area contributed by atoms with Gasteiger partial charge in [-0.25, -0.2) is 8.78 Å². The van der Waals surface area contributed by atoms with Gasteiger partial charge in [-0.1, -0.05) is 13.0 Å². The van der Waals surface area contributed by atoms with Crippen molar-refractivity contribution in [1.82, 2.24) is 5.32 Å². The number of nitrogens with zero attached hydrogens (tertiary/aromatic N) is 1. The van der Waals surface area contributed by atoms with E-state index in [4.69, 9.17) is 5.11 Å². The summed E-state index contributed by atoms with van der Waals surface area (Å²) in [7, 11) is 0. The predicted octanol–water partition coefficient (Wildman–Crippen LogP) is 2.17. The van der Waals surface area contributed by atoms with Crippen LogP contribution in [0.2, 0.25) is 0 Å². The number of benzene rings is 1. The zero-order valence-corrected chi connectivity index (χ0v) is 11.5. The monoisotopic (exact) mass is 272 g/mol. The minimum absolute atomic E-state index is 0.134.